The lowest BCUT2D eigenvalue weighted by Gasteiger charge is -2.29. The second-order valence-electron chi connectivity index (χ2n) is 5.36. The first-order valence-corrected chi connectivity index (χ1v) is 7.21. The van der Waals surface area contributed by atoms with Crippen LogP contribution in [-0.2, 0) is 12.6 Å². The van der Waals surface area contributed by atoms with Gasteiger partial charge in [-0.15, -0.1) is 0 Å². The quantitative estimate of drug-likeness (QED) is 0.717. The fourth-order valence-electron chi connectivity index (χ4n) is 2.21. The van der Waals surface area contributed by atoms with E-state index >= 15 is 0 Å². The summed E-state index contributed by atoms with van der Waals surface area (Å²) in [7, 11) is 1.33. The molecule has 0 bridgehead atoms. The molecule has 136 valence electrons. The molecule has 6 nitrogen and oxygen atoms in total. The topological polar surface area (TPSA) is 79.2 Å². The second kappa shape index (κ2) is 7.09. The minimum atomic E-state index is -4.97. The highest BCUT2D eigenvalue weighted by molar-refractivity contribution is 5.89. The molecule has 3 N–H and O–H groups in total. The van der Waals surface area contributed by atoms with E-state index in [1.54, 1.807) is 0 Å². The van der Waals surface area contributed by atoms with Gasteiger partial charge in [0.05, 0.1) is 0 Å². The fourth-order valence-corrected chi connectivity index (χ4v) is 2.21. The zero-order valence-electron chi connectivity index (χ0n) is 13.1. The molecule has 0 saturated carbocycles. The van der Waals surface area contributed by atoms with E-state index in [9.17, 15) is 27.5 Å². The number of aliphatic hydroxyl groups is 1. The van der Waals surface area contributed by atoms with Crippen LogP contribution < -0.4 is 10.6 Å². The van der Waals surface area contributed by atoms with Crippen molar-refractivity contribution in [3.05, 3.63) is 48.3 Å². The Balaban J connectivity index is 1.98. The number of anilines is 1. The van der Waals surface area contributed by atoms with E-state index in [0.29, 0.717) is 0 Å². The van der Waals surface area contributed by atoms with E-state index in [4.69, 9.17) is 0 Å². The Hall–Kier alpha value is -2.62. The number of urea groups is 1. The van der Waals surface area contributed by atoms with Gasteiger partial charge in [-0.05, 0) is 24.3 Å². The zero-order chi connectivity index (χ0) is 18.7. The normalized spacial score (nSPS) is 14.0. The Bertz CT molecular complexity index is 730. The summed E-state index contributed by atoms with van der Waals surface area (Å²) >= 11 is 0. The summed E-state index contributed by atoms with van der Waals surface area (Å²) in [4.78, 5) is 15.2. The lowest BCUT2D eigenvalue weighted by Crippen LogP contribution is -2.47. The summed E-state index contributed by atoms with van der Waals surface area (Å²) in [5.41, 5.74) is -2.93. The van der Waals surface area contributed by atoms with Crippen LogP contribution >= 0.6 is 0 Å². The molecule has 2 aromatic rings. The Morgan fingerprint density at radius 3 is 2.44 bits per heavy atom. The zero-order valence-corrected chi connectivity index (χ0v) is 13.1. The van der Waals surface area contributed by atoms with Crippen LogP contribution in [0.1, 0.15) is 12.2 Å². The van der Waals surface area contributed by atoms with Gasteiger partial charge in [0.25, 0.3) is 0 Å². The van der Waals surface area contributed by atoms with Gasteiger partial charge in [-0.2, -0.15) is 13.2 Å². The predicted octanol–water partition coefficient (Wildman–Crippen LogP) is 2.52. The molecule has 1 unspecified atom stereocenters. The molecular formula is C15H16F4N4O2. The summed E-state index contributed by atoms with van der Waals surface area (Å²) in [6.45, 7) is -0.462. The van der Waals surface area contributed by atoms with Crippen LogP contribution in [0.4, 0.5) is 28.0 Å². The highest BCUT2D eigenvalue weighted by Crippen LogP contribution is 2.40. The van der Waals surface area contributed by atoms with Gasteiger partial charge < -0.3 is 20.3 Å². The molecule has 0 fully saturated rings. The summed E-state index contributed by atoms with van der Waals surface area (Å²) in [6.07, 6.45) is -3.37. The van der Waals surface area contributed by atoms with Crippen molar-refractivity contribution in [2.24, 2.45) is 7.05 Å². The number of amides is 2. The number of alkyl halides is 3. The smallest absolute Gasteiger partial charge is 0.374 e. The van der Waals surface area contributed by atoms with Crippen LogP contribution in [0, 0.1) is 5.82 Å². The molecule has 0 aliphatic heterocycles. The first kappa shape index (κ1) is 18.7. The van der Waals surface area contributed by atoms with Crippen molar-refractivity contribution in [1.29, 1.82) is 0 Å². The van der Waals surface area contributed by atoms with E-state index in [1.165, 1.54) is 25.4 Å². The number of carbonyl (C=O) groups is 1. The SMILES string of the molecule is Cn1ccnc1C(O)(CCNC(=O)Nc1ccc(F)cc1)C(F)(F)F. The molecule has 0 aliphatic carbocycles. The number of hydrogen-bond acceptors (Lipinski definition) is 3. The third kappa shape index (κ3) is 4.27. The van der Waals surface area contributed by atoms with Gasteiger partial charge >= 0.3 is 12.2 Å². The number of carbonyl (C=O) groups excluding carboxylic acids is 1. The summed E-state index contributed by atoms with van der Waals surface area (Å²) in [5, 5.41) is 14.7. The number of nitrogens with zero attached hydrogens (tertiary/aromatic N) is 2. The van der Waals surface area contributed by atoms with Crippen LogP contribution in [0.5, 0.6) is 0 Å². The molecule has 25 heavy (non-hydrogen) atoms. The molecule has 1 atom stereocenters. The van der Waals surface area contributed by atoms with Gasteiger partial charge in [-0.1, -0.05) is 0 Å². The van der Waals surface area contributed by atoms with Gasteiger partial charge in [0.2, 0.25) is 5.60 Å². The number of halogens is 4. The van der Waals surface area contributed by atoms with Crippen LogP contribution in [0.3, 0.4) is 0 Å². The number of benzene rings is 1. The van der Waals surface area contributed by atoms with Crippen molar-refractivity contribution >= 4 is 11.7 Å². The van der Waals surface area contributed by atoms with Gasteiger partial charge in [0.1, 0.15) is 11.6 Å². The van der Waals surface area contributed by atoms with E-state index in [-0.39, 0.29) is 5.69 Å². The molecule has 2 rings (SSSR count). The molecule has 1 heterocycles. The molecule has 0 radical (unpaired) electrons. The van der Waals surface area contributed by atoms with Crippen molar-refractivity contribution in [2.75, 3.05) is 11.9 Å². The largest absolute Gasteiger partial charge is 0.424 e. The van der Waals surface area contributed by atoms with Gasteiger partial charge in [0, 0.05) is 38.1 Å². The van der Waals surface area contributed by atoms with Gasteiger partial charge in [0.15, 0.2) is 0 Å². The highest BCUT2D eigenvalue weighted by atomic mass is 19.4. The number of aryl methyl sites for hydroxylation is 1. The number of aromatic nitrogens is 2. The number of nitrogens with one attached hydrogen (secondary N) is 2. The Kier molecular flexibility index (Phi) is 5.31. The third-order valence-electron chi connectivity index (χ3n) is 3.53. The molecule has 2 amide bonds. The van der Waals surface area contributed by atoms with E-state index in [0.717, 1.165) is 22.9 Å². The average Bonchev–Trinajstić information content (AvgIpc) is 2.95. The predicted molar refractivity (Wildman–Crippen MR) is 81.2 cm³/mol. The number of hydrogen-bond donors (Lipinski definition) is 3. The molecule has 0 spiro atoms. The third-order valence-corrected chi connectivity index (χ3v) is 3.53. The van der Waals surface area contributed by atoms with Crippen molar-refractivity contribution in [3.8, 4) is 0 Å². The molecule has 0 aliphatic rings. The van der Waals surface area contributed by atoms with Crippen molar-refractivity contribution in [1.82, 2.24) is 14.9 Å². The average molecular weight is 360 g/mol. The Morgan fingerprint density at radius 1 is 1.28 bits per heavy atom. The minimum Gasteiger partial charge on any atom is -0.374 e. The monoisotopic (exact) mass is 360 g/mol. The van der Waals surface area contributed by atoms with Crippen molar-refractivity contribution < 1.29 is 27.5 Å². The van der Waals surface area contributed by atoms with Crippen LogP contribution in [0.25, 0.3) is 0 Å². The van der Waals surface area contributed by atoms with Crippen LogP contribution in [-0.4, -0.2) is 33.4 Å². The van der Waals surface area contributed by atoms with Crippen LogP contribution in [0.15, 0.2) is 36.7 Å². The Labute approximate surface area is 140 Å². The van der Waals surface area contributed by atoms with Crippen LogP contribution in [0.2, 0.25) is 0 Å². The highest BCUT2D eigenvalue weighted by Gasteiger charge is 2.57. The minimum absolute atomic E-state index is 0.272. The lowest BCUT2D eigenvalue weighted by atomic mass is 9.97. The molecule has 10 heteroatoms. The number of imidazole rings is 1. The first-order chi connectivity index (χ1) is 11.6. The van der Waals surface area contributed by atoms with E-state index in [1.807, 2.05) is 0 Å². The van der Waals surface area contributed by atoms with E-state index < -0.39 is 42.4 Å². The van der Waals surface area contributed by atoms with E-state index in [2.05, 4.69) is 15.6 Å². The van der Waals surface area contributed by atoms with Gasteiger partial charge in [-0.25, -0.2) is 14.2 Å². The maximum atomic E-state index is 13.3. The van der Waals surface area contributed by atoms with Crippen molar-refractivity contribution in [2.45, 2.75) is 18.2 Å². The number of rotatable bonds is 5. The Morgan fingerprint density at radius 2 is 1.92 bits per heavy atom. The maximum Gasteiger partial charge on any atom is 0.424 e. The standard InChI is InChI=1S/C15H16F4N4O2/c1-23-9-8-20-12(23)14(25,15(17,18)19)6-7-21-13(24)22-11-4-2-10(16)3-5-11/h2-5,8-9,25H,6-7H2,1H3,(H2,21,22,24). The lowest BCUT2D eigenvalue weighted by molar-refractivity contribution is -0.272. The summed E-state index contributed by atoms with van der Waals surface area (Å²) in [6, 6.07) is 4.07. The summed E-state index contributed by atoms with van der Waals surface area (Å²) in [5.74, 6) is -1.06. The molecule has 1 aromatic carbocycles. The van der Waals surface area contributed by atoms with Gasteiger partial charge in [-0.3, -0.25) is 0 Å². The second-order valence-corrected chi connectivity index (χ2v) is 5.36. The van der Waals surface area contributed by atoms with Crippen molar-refractivity contribution in [3.63, 3.8) is 0 Å². The molecule has 1 aromatic heterocycles. The molecular weight excluding hydrogens is 344 g/mol. The maximum absolute atomic E-state index is 13.3. The first-order valence-electron chi connectivity index (χ1n) is 7.21. The summed E-state index contributed by atoms with van der Waals surface area (Å²) < 4.78 is 53.7. The molecule has 0 saturated heterocycles. The fraction of sp³-hybridized carbons (Fsp3) is 0.333.